The van der Waals surface area contributed by atoms with Crippen LogP contribution in [0.25, 0.3) is 0 Å². The lowest BCUT2D eigenvalue weighted by atomic mass is 10.1. The van der Waals surface area contributed by atoms with Crippen molar-refractivity contribution in [3.05, 3.63) is 53.6 Å². The van der Waals surface area contributed by atoms with Crippen LogP contribution in [-0.2, 0) is 9.59 Å². The van der Waals surface area contributed by atoms with E-state index in [2.05, 4.69) is 16.0 Å². The van der Waals surface area contributed by atoms with Crippen molar-refractivity contribution in [3.8, 4) is 0 Å². The first-order valence-corrected chi connectivity index (χ1v) is 7.56. The van der Waals surface area contributed by atoms with Gasteiger partial charge in [0.2, 0.25) is 11.8 Å². The lowest BCUT2D eigenvalue weighted by Crippen LogP contribution is -2.41. The molecule has 0 saturated heterocycles. The highest BCUT2D eigenvalue weighted by molar-refractivity contribution is 6.06. The standard InChI is InChI=1S/C18H19N3O2/c1-11-7-8-13(12(2)9-11)20-17(22)10-16-18(23)21-15-6-4-3-5-14(15)19-16/h3-9,16,19H,10H2,1-2H3,(H,20,22)(H,21,23)/t16-/m1/s1. The summed E-state index contributed by atoms with van der Waals surface area (Å²) in [6.07, 6.45) is 0.0769. The summed E-state index contributed by atoms with van der Waals surface area (Å²) in [6.45, 7) is 3.96. The van der Waals surface area contributed by atoms with Gasteiger partial charge in [0, 0.05) is 5.69 Å². The largest absolute Gasteiger partial charge is 0.372 e. The molecule has 3 rings (SSSR count). The molecule has 0 bridgehead atoms. The summed E-state index contributed by atoms with van der Waals surface area (Å²) >= 11 is 0. The van der Waals surface area contributed by atoms with E-state index in [4.69, 9.17) is 0 Å². The zero-order valence-corrected chi connectivity index (χ0v) is 13.1. The van der Waals surface area contributed by atoms with Crippen LogP contribution in [0.2, 0.25) is 0 Å². The minimum absolute atomic E-state index is 0.0769. The van der Waals surface area contributed by atoms with Crippen molar-refractivity contribution in [2.75, 3.05) is 16.0 Å². The van der Waals surface area contributed by atoms with Gasteiger partial charge in [-0.15, -0.1) is 0 Å². The number of nitrogens with one attached hydrogen (secondary N) is 3. The van der Waals surface area contributed by atoms with E-state index >= 15 is 0 Å². The maximum Gasteiger partial charge on any atom is 0.247 e. The third-order valence-corrected chi connectivity index (χ3v) is 3.88. The summed E-state index contributed by atoms with van der Waals surface area (Å²) in [4.78, 5) is 24.3. The Morgan fingerprint density at radius 3 is 2.61 bits per heavy atom. The highest BCUT2D eigenvalue weighted by Gasteiger charge is 2.27. The monoisotopic (exact) mass is 309 g/mol. The first kappa shape index (κ1) is 15.1. The molecule has 1 aliphatic heterocycles. The van der Waals surface area contributed by atoms with Crippen molar-refractivity contribution < 1.29 is 9.59 Å². The summed E-state index contributed by atoms with van der Waals surface area (Å²) in [6, 6.07) is 12.7. The molecule has 0 spiro atoms. The maximum absolute atomic E-state index is 12.2. The van der Waals surface area contributed by atoms with Crippen LogP contribution < -0.4 is 16.0 Å². The molecule has 0 fully saturated rings. The fourth-order valence-corrected chi connectivity index (χ4v) is 2.68. The first-order chi connectivity index (χ1) is 11.0. The van der Waals surface area contributed by atoms with Gasteiger partial charge in [0.1, 0.15) is 6.04 Å². The molecule has 5 nitrogen and oxygen atoms in total. The van der Waals surface area contributed by atoms with E-state index in [0.29, 0.717) is 0 Å². The Morgan fingerprint density at radius 1 is 1.13 bits per heavy atom. The van der Waals surface area contributed by atoms with Gasteiger partial charge >= 0.3 is 0 Å². The summed E-state index contributed by atoms with van der Waals surface area (Å²) in [5.74, 6) is -0.386. The quantitative estimate of drug-likeness (QED) is 0.816. The second kappa shape index (κ2) is 6.12. The van der Waals surface area contributed by atoms with Crippen molar-refractivity contribution in [1.29, 1.82) is 0 Å². The van der Waals surface area contributed by atoms with Crippen molar-refractivity contribution in [1.82, 2.24) is 0 Å². The maximum atomic E-state index is 12.2. The van der Waals surface area contributed by atoms with Gasteiger partial charge in [0.15, 0.2) is 0 Å². The smallest absolute Gasteiger partial charge is 0.247 e. The number of anilines is 3. The second-order valence-corrected chi connectivity index (χ2v) is 5.80. The molecule has 1 heterocycles. The van der Waals surface area contributed by atoms with Crippen LogP contribution in [0, 0.1) is 13.8 Å². The molecular weight excluding hydrogens is 290 g/mol. The van der Waals surface area contributed by atoms with Crippen LogP contribution in [0.5, 0.6) is 0 Å². The molecule has 0 aliphatic carbocycles. The molecule has 3 N–H and O–H groups in total. The third kappa shape index (κ3) is 3.34. The van der Waals surface area contributed by atoms with Crippen molar-refractivity contribution in [2.24, 2.45) is 0 Å². The van der Waals surface area contributed by atoms with E-state index in [1.807, 2.05) is 56.3 Å². The number of benzene rings is 2. The number of fused-ring (bicyclic) bond motifs is 1. The zero-order valence-electron chi connectivity index (χ0n) is 13.1. The molecule has 1 atom stereocenters. The van der Waals surface area contributed by atoms with E-state index in [9.17, 15) is 9.59 Å². The van der Waals surface area contributed by atoms with Gasteiger partial charge in [-0.05, 0) is 37.6 Å². The van der Waals surface area contributed by atoms with Crippen LogP contribution in [-0.4, -0.2) is 17.9 Å². The number of hydrogen-bond acceptors (Lipinski definition) is 3. The summed E-state index contributed by atoms with van der Waals surface area (Å²) in [7, 11) is 0. The van der Waals surface area contributed by atoms with Crippen LogP contribution in [0.4, 0.5) is 17.1 Å². The summed E-state index contributed by atoms with van der Waals surface area (Å²) in [5.41, 5.74) is 4.49. The lowest BCUT2D eigenvalue weighted by molar-refractivity contribution is -0.122. The molecular formula is C18H19N3O2. The van der Waals surface area contributed by atoms with Crippen LogP contribution in [0.15, 0.2) is 42.5 Å². The van der Waals surface area contributed by atoms with Gasteiger partial charge in [-0.3, -0.25) is 9.59 Å². The van der Waals surface area contributed by atoms with Gasteiger partial charge in [-0.2, -0.15) is 0 Å². The number of amides is 2. The molecule has 5 heteroatoms. The predicted molar refractivity (Wildman–Crippen MR) is 91.6 cm³/mol. The van der Waals surface area contributed by atoms with Gasteiger partial charge in [0.05, 0.1) is 17.8 Å². The Labute approximate surface area is 135 Å². The van der Waals surface area contributed by atoms with Gasteiger partial charge in [-0.25, -0.2) is 0 Å². The predicted octanol–water partition coefficient (Wildman–Crippen LogP) is 3.06. The van der Waals surface area contributed by atoms with Crippen molar-refractivity contribution in [3.63, 3.8) is 0 Å². The Hall–Kier alpha value is -2.82. The zero-order chi connectivity index (χ0) is 16.4. The molecule has 2 amide bonds. The number of carbonyl (C=O) groups excluding carboxylic acids is 2. The average molecular weight is 309 g/mol. The number of rotatable bonds is 3. The Balaban J connectivity index is 1.67. The van der Waals surface area contributed by atoms with Crippen LogP contribution >= 0.6 is 0 Å². The molecule has 2 aromatic carbocycles. The molecule has 0 unspecified atom stereocenters. The molecule has 23 heavy (non-hydrogen) atoms. The van der Waals surface area contributed by atoms with Crippen molar-refractivity contribution >= 4 is 28.9 Å². The van der Waals surface area contributed by atoms with E-state index in [1.54, 1.807) is 0 Å². The third-order valence-electron chi connectivity index (χ3n) is 3.88. The van der Waals surface area contributed by atoms with Gasteiger partial charge < -0.3 is 16.0 Å². The highest BCUT2D eigenvalue weighted by Crippen LogP contribution is 2.27. The van der Waals surface area contributed by atoms with Crippen LogP contribution in [0.3, 0.4) is 0 Å². The molecule has 118 valence electrons. The number of carbonyl (C=O) groups is 2. The minimum Gasteiger partial charge on any atom is -0.372 e. The Kier molecular flexibility index (Phi) is 4.02. The SMILES string of the molecule is Cc1ccc(NC(=O)C[C@H]2Nc3ccccc3NC2=O)c(C)c1. The topological polar surface area (TPSA) is 70.2 Å². The normalized spacial score (nSPS) is 16.1. The fourth-order valence-electron chi connectivity index (χ4n) is 2.68. The van der Waals surface area contributed by atoms with Gasteiger partial charge in [0.25, 0.3) is 0 Å². The minimum atomic E-state index is -0.573. The molecule has 0 radical (unpaired) electrons. The average Bonchev–Trinajstić information content (AvgIpc) is 2.51. The van der Waals surface area contributed by atoms with E-state index in [0.717, 1.165) is 28.2 Å². The molecule has 0 saturated carbocycles. The summed E-state index contributed by atoms with van der Waals surface area (Å²) in [5, 5.41) is 8.80. The fraction of sp³-hybridized carbons (Fsp3) is 0.222. The van der Waals surface area contributed by atoms with E-state index in [-0.39, 0.29) is 18.2 Å². The van der Waals surface area contributed by atoms with Crippen LogP contribution in [0.1, 0.15) is 17.5 Å². The molecule has 2 aromatic rings. The number of para-hydroxylation sites is 2. The first-order valence-electron chi connectivity index (χ1n) is 7.56. The van der Waals surface area contributed by atoms with E-state index < -0.39 is 6.04 Å². The summed E-state index contributed by atoms with van der Waals surface area (Å²) < 4.78 is 0. The molecule has 0 aromatic heterocycles. The second-order valence-electron chi connectivity index (χ2n) is 5.80. The lowest BCUT2D eigenvalue weighted by Gasteiger charge is -2.26. The van der Waals surface area contributed by atoms with Gasteiger partial charge in [-0.1, -0.05) is 29.8 Å². The Bertz CT molecular complexity index is 771. The Morgan fingerprint density at radius 2 is 1.87 bits per heavy atom. The van der Waals surface area contributed by atoms with E-state index in [1.165, 1.54) is 0 Å². The highest BCUT2D eigenvalue weighted by atomic mass is 16.2. The number of aryl methyl sites for hydroxylation is 2. The molecule has 1 aliphatic rings. The van der Waals surface area contributed by atoms with Crippen molar-refractivity contribution in [2.45, 2.75) is 26.3 Å². The number of hydrogen-bond donors (Lipinski definition) is 3.